The summed E-state index contributed by atoms with van der Waals surface area (Å²) in [6.07, 6.45) is 1.96. The quantitative estimate of drug-likeness (QED) is 0.759. The summed E-state index contributed by atoms with van der Waals surface area (Å²) < 4.78 is 12.3. The number of nitrogens with zero attached hydrogens (tertiary/aromatic N) is 1. The van der Waals surface area contributed by atoms with Crippen molar-refractivity contribution in [3.8, 4) is 5.75 Å². The van der Waals surface area contributed by atoms with Crippen molar-refractivity contribution >= 4 is 16.9 Å². The molecular weight excluding hydrogens is 218 g/mol. The molecule has 0 bridgehead atoms. The molecule has 0 aliphatic rings. The lowest BCUT2D eigenvalue weighted by Gasteiger charge is -2.08. The van der Waals surface area contributed by atoms with E-state index in [0.29, 0.717) is 12.4 Å². The first-order chi connectivity index (χ1) is 8.22. The SMILES string of the molecule is CCOC(=O)COc1cccc2ccn(C)c12. The van der Waals surface area contributed by atoms with E-state index in [-0.39, 0.29) is 12.6 Å². The van der Waals surface area contributed by atoms with Crippen LogP contribution in [0.2, 0.25) is 0 Å². The van der Waals surface area contributed by atoms with Crippen molar-refractivity contribution in [2.24, 2.45) is 7.05 Å². The van der Waals surface area contributed by atoms with Gasteiger partial charge >= 0.3 is 5.97 Å². The average Bonchev–Trinajstić information content (AvgIpc) is 2.70. The highest BCUT2D eigenvalue weighted by Crippen LogP contribution is 2.25. The molecule has 2 rings (SSSR count). The fourth-order valence-electron chi connectivity index (χ4n) is 1.77. The summed E-state index contributed by atoms with van der Waals surface area (Å²) in [5.74, 6) is 0.349. The average molecular weight is 233 g/mol. The number of hydrogen-bond donors (Lipinski definition) is 0. The second kappa shape index (κ2) is 4.91. The zero-order valence-electron chi connectivity index (χ0n) is 9.97. The molecule has 0 fully saturated rings. The Balaban J connectivity index is 2.18. The number of para-hydroxylation sites is 1. The molecule has 0 saturated carbocycles. The molecule has 2 aromatic rings. The molecule has 1 heterocycles. The van der Waals surface area contributed by atoms with Crippen LogP contribution in [0, 0.1) is 0 Å². The second-order valence-corrected chi connectivity index (χ2v) is 3.71. The van der Waals surface area contributed by atoms with Gasteiger partial charge in [-0.2, -0.15) is 0 Å². The lowest BCUT2D eigenvalue weighted by atomic mass is 10.2. The highest BCUT2D eigenvalue weighted by atomic mass is 16.6. The van der Waals surface area contributed by atoms with Gasteiger partial charge in [0.05, 0.1) is 12.1 Å². The number of benzene rings is 1. The highest BCUT2D eigenvalue weighted by molar-refractivity contribution is 5.86. The van der Waals surface area contributed by atoms with Gasteiger partial charge in [0, 0.05) is 18.6 Å². The standard InChI is InChI=1S/C13H15NO3/c1-3-16-12(15)9-17-11-6-4-5-10-7-8-14(2)13(10)11/h4-8H,3,9H2,1-2H3. The summed E-state index contributed by atoms with van der Waals surface area (Å²) in [5.41, 5.74) is 0.983. The van der Waals surface area contributed by atoms with Gasteiger partial charge in [0.25, 0.3) is 0 Å². The lowest BCUT2D eigenvalue weighted by molar-refractivity contribution is -0.145. The number of hydrogen-bond acceptors (Lipinski definition) is 3. The molecule has 0 atom stereocenters. The van der Waals surface area contributed by atoms with E-state index >= 15 is 0 Å². The summed E-state index contributed by atoms with van der Waals surface area (Å²) in [6, 6.07) is 7.77. The third kappa shape index (κ3) is 2.41. The molecule has 0 spiro atoms. The topological polar surface area (TPSA) is 40.5 Å². The van der Waals surface area contributed by atoms with E-state index in [9.17, 15) is 4.79 Å². The molecule has 0 saturated heterocycles. The fourth-order valence-corrected chi connectivity index (χ4v) is 1.77. The minimum absolute atomic E-state index is 0.0574. The molecule has 0 aliphatic heterocycles. The molecule has 90 valence electrons. The van der Waals surface area contributed by atoms with E-state index in [4.69, 9.17) is 9.47 Å². The molecule has 4 heteroatoms. The van der Waals surface area contributed by atoms with Gasteiger partial charge in [-0.3, -0.25) is 0 Å². The van der Waals surface area contributed by atoms with Gasteiger partial charge in [-0.05, 0) is 19.1 Å². The second-order valence-electron chi connectivity index (χ2n) is 3.71. The van der Waals surface area contributed by atoms with E-state index in [2.05, 4.69) is 0 Å². The summed E-state index contributed by atoms with van der Waals surface area (Å²) >= 11 is 0. The number of esters is 1. The third-order valence-corrected chi connectivity index (χ3v) is 2.51. The van der Waals surface area contributed by atoms with E-state index in [0.717, 1.165) is 10.9 Å². The van der Waals surface area contributed by atoms with Crippen LogP contribution in [-0.2, 0) is 16.6 Å². The zero-order valence-corrected chi connectivity index (χ0v) is 9.97. The van der Waals surface area contributed by atoms with Crippen molar-refractivity contribution in [1.29, 1.82) is 0 Å². The Labute approximate surface area is 99.7 Å². The van der Waals surface area contributed by atoms with Crippen LogP contribution >= 0.6 is 0 Å². The van der Waals surface area contributed by atoms with Crippen LogP contribution < -0.4 is 4.74 Å². The number of aromatic nitrogens is 1. The molecular formula is C13H15NO3. The van der Waals surface area contributed by atoms with Crippen LogP contribution in [0.25, 0.3) is 10.9 Å². The predicted molar refractivity (Wildman–Crippen MR) is 65.0 cm³/mol. The Morgan fingerprint density at radius 2 is 2.18 bits per heavy atom. The smallest absolute Gasteiger partial charge is 0.344 e. The number of carbonyl (C=O) groups is 1. The molecule has 0 N–H and O–H groups in total. The van der Waals surface area contributed by atoms with Gasteiger partial charge in [-0.25, -0.2) is 4.79 Å². The van der Waals surface area contributed by atoms with Crippen molar-refractivity contribution in [3.63, 3.8) is 0 Å². The monoisotopic (exact) mass is 233 g/mol. The van der Waals surface area contributed by atoms with E-state index in [1.54, 1.807) is 6.92 Å². The van der Waals surface area contributed by atoms with Crippen LogP contribution in [0.1, 0.15) is 6.92 Å². The molecule has 17 heavy (non-hydrogen) atoms. The number of rotatable bonds is 4. The first kappa shape index (κ1) is 11.5. The highest BCUT2D eigenvalue weighted by Gasteiger charge is 2.08. The lowest BCUT2D eigenvalue weighted by Crippen LogP contribution is -2.14. The molecule has 1 aromatic carbocycles. The minimum atomic E-state index is -0.348. The summed E-state index contributed by atoms with van der Waals surface area (Å²) in [7, 11) is 1.94. The van der Waals surface area contributed by atoms with E-state index < -0.39 is 0 Å². The summed E-state index contributed by atoms with van der Waals surface area (Å²) in [4.78, 5) is 11.2. The molecule has 4 nitrogen and oxygen atoms in total. The molecule has 0 amide bonds. The number of fused-ring (bicyclic) bond motifs is 1. The first-order valence-corrected chi connectivity index (χ1v) is 5.55. The normalized spacial score (nSPS) is 10.5. The van der Waals surface area contributed by atoms with Crippen molar-refractivity contribution in [3.05, 3.63) is 30.5 Å². The van der Waals surface area contributed by atoms with E-state index in [1.807, 2.05) is 42.1 Å². The maximum atomic E-state index is 11.2. The molecule has 1 aromatic heterocycles. The Hall–Kier alpha value is -1.97. The van der Waals surface area contributed by atoms with Gasteiger partial charge in [0.2, 0.25) is 0 Å². The molecule has 0 aliphatic carbocycles. The van der Waals surface area contributed by atoms with Crippen LogP contribution in [0.3, 0.4) is 0 Å². The Morgan fingerprint density at radius 1 is 1.35 bits per heavy atom. The van der Waals surface area contributed by atoms with Gasteiger partial charge in [0.1, 0.15) is 5.75 Å². The van der Waals surface area contributed by atoms with Crippen LogP contribution in [0.5, 0.6) is 5.75 Å². The predicted octanol–water partition coefficient (Wildman–Crippen LogP) is 2.12. The summed E-state index contributed by atoms with van der Waals surface area (Å²) in [6.45, 7) is 2.09. The Morgan fingerprint density at radius 3 is 2.94 bits per heavy atom. The first-order valence-electron chi connectivity index (χ1n) is 5.55. The summed E-state index contributed by atoms with van der Waals surface area (Å²) in [5, 5.41) is 1.09. The Bertz CT molecular complexity index is 530. The van der Waals surface area contributed by atoms with Crippen molar-refractivity contribution in [2.45, 2.75) is 6.92 Å². The van der Waals surface area contributed by atoms with E-state index in [1.165, 1.54) is 0 Å². The third-order valence-electron chi connectivity index (χ3n) is 2.51. The van der Waals surface area contributed by atoms with Crippen molar-refractivity contribution < 1.29 is 14.3 Å². The number of carbonyl (C=O) groups excluding carboxylic acids is 1. The van der Waals surface area contributed by atoms with Crippen LogP contribution in [0.15, 0.2) is 30.5 Å². The van der Waals surface area contributed by atoms with Gasteiger partial charge < -0.3 is 14.0 Å². The number of ether oxygens (including phenoxy) is 2. The minimum Gasteiger partial charge on any atom is -0.480 e. The van der Waals surface area contributed by atoms with Gasteiger partial charge in [0.15, 0.2) is 6.61 Å². The van der Waals surface area contributed by atoms with Crippen LogP contribution in [-0.4, -0.2) is 23.8 Å². The van der Waals surface area contributed by atoms with Crippen LogP contribution in [0.4, 0.5) is 0 Å². The zero-order chi connectivity index (χ0) is 12.3. The molecule has 0 unspecified atom stereocenters. The van der Waals surface area contributed by atoms with Gasteiger partial charge in [-0.15, -0.1) is 0 Å². The maximum Gasteiger partial charge on any atom is 0.344 e. The van der Waals surface area contributed by atoms with Gasteiger partial charge in [-0.1, -0.05) is 12.1 Å². The fraction of sp³-hybridized carbons (Fsp3) is 0.308. The number of aryl methyl sites for hydroxylation is 1. The van der Waals surface area contributed by atoms with Crippen molar-refractivity contribution in [1.82, 2.24) is 4.57 Å². The largest absolute Gasteiger partial charge is 0.480 e. The Kier molecular flexibility index (Phi) is 3.32. The maximum absolute atomic E-state index is 11.2. The molecule has 0 radical (unpaired) electrons. The van der Waals surface area contributed by atoms with Crippen molar-refractivity contribution in [2.75, 3.05) is 13.2 Å².